The van der Waals surface area contributed by atoms with E-state index in [1.165, 1.54) is 0 Å². The second-order valence-corrected chi connectivity index (χ2v) is 6.03. The molecule has 0 aliphatic carbocycles. The van der Waals surface area contributed by atoms with Gasteiger partial charge in [0.2, 0.25) is 5.91 Å². The third-order valence-corrected chi connectivity index (χ3v) is 3.74. The Kier molecular flexibility index (Phi) is 6.12. The minimum atomic E-state index is -0.545. The Hall–Kier alpha value is -2.63. The molecule has 0 fully saturated rings. The van der Waals surface area contributed by atoms with E-state index in [0.29, 0.717) is 12.1 Å². The lowest BCUT2D eigenvalue weighted by Crippen LogP contribution is -2.49. The minimum absolute atomic E-state index is 0.00933. The maximum Gasteiger partial charge on any atom is 0.251 e. The molecule has 1 heterocycles. The summed E-state index contributed by atoms with van der Waals surface area (Å²) in [5.74, 6) is -0.388. The smallest absolute Gasteiger partial charge is 0.251 e. The molecule has 0 aliphatic heterocycles. The number of aromatic nitrogens is 2. The Bertz CT molecular complexity index is 663. The number of amides is 2. The zero-order chi connectivity index (χ0) is 17.5. The van der Waals surface area contributed by atoms with Gasteiger partial charge in [-0.05, 0) is 30.0 Å². The van der Waals surface area contributed by atoms with Gasteiger partial charge in [-0.2, -0.15) is 0 Å². The van der Waals surface area contributed by atoms with Crippen molar-refractivity contribution in [2.75, 3.05) is 6.54 Å². The molecule has 2 rings (SSSR count). The summed E-state index contributed by atoms with van der Waals surface area (Å²) in [5.41, 5.74) is 2.36. The fourth-order valence-corrected chi connectivity index (χ4v) is 2.33. The molecule has 1 aromatic heterocycles. The quantitative estimate of drug-likeness (QED) is 0.729. The number of aromatic amines is 1. The van der Waals surface area contributed by atoms with Gasteiger partial charge in [0.25, 0.3) is 5.91 Å². The maximum atomic E-state index is 12.4. The van der Waals surface area contributed by atoms with E-state index < -0.39 is 6.04 Å². The van der Waals surface area contributed by atoms with Gasteiger partial charge in [-0.1, -0.05) is 32.9 Å². The summed E-state index contributed by atoms with van der Waals surface area (Å²) in [6, 6.07) is 6.64. The Morgan fingerprint density at radius 2 is 1.92 bits per heavy atom. The van der Waals surface area contributed by atoms with Gasteiger partial charge in [0.1, 0.15) is 6.04 Å². The van der Waals surface area contributed by atoms with Crippen molar-refractivity contribution in [3.05, 3.63) is 42.4 Å². The van der Waals surface area contributed by atoms with Crippen LogP contribution < -0.4 is 10.6 Å². The van der Waals surface area contributed by atoms with Crippen LogP contribution in [0.3, 0.4) is 0 Å². The summed E-state index contributed by atoms with van der Waals surface area (Å²) in [7, 11) is 0. The van der Waals surface area contributed by atoms with Gasteiger partial charge >= 0.3 is 0 Å². The van der Waals surface area contributed by atoms with E-state index in [0.717, 1.165) is 17.7 Å². The highest BCUT2D eigenvalue weighted by Gasteiger charge is 2.24. The van der Waals surface area contributed by atoms with Crippen LogP contribution in [0.1, 0.15) is 37.6 Å². The molecule has 128 valence electrons. The van der Waals surface area contributed by atoms with Gasteiger partial charge in [0.05, 0.1) is 18.2 Å². The first kappa shape index (κ1) is 17.7. The number of nitrogens with zero attached hydrogens (tertiary/aromatic N) is 1. The largest absolute Gasteiger partial charge is 0.354 e. The third-order valence-electron chi connectivity index (χ3n) is 3.74. The molecule has 1 aromatic carbocycles. The number of hydrogen-bond donors (Lipinski definition) is 3. The van der Waals surface area contributed by atoms with Crippen LogP contribution >= 0.6 is 0 Å². The molecule has 24 heavy (non-hydrogen) atoms. The molecular formula is C18H24N4O2. The van der Waals surface area contributed by atoms with E-state index in [-0.39, 0.29) is 17.7 Å². The molecule has 0 spiro atoms. The minimum Gasteiger partial charge on any atom is -0.354 e. The first-order valence-corrected chi connectivity index (χ1v) is 8.20. The van der Waals surface area contributed by atoms with Crippen LogP contribution in [0.2, 0.25) is 0 Å². The van der Waals surface area contributed by atoms with Crippen LogP contribution in [0.15, 0.2) is 36.8 Å². The van der Waals surface area contributed by atoms with Gasteiger partial charge in [0.15, 0.2) is 0 Å². The summed E-state index contributed by atoms with van der Waals surface area (Å²) in [4.78, 5) is 31.6. The predicted octanol–water partition coefficient (Wildman–Crippen LogP) is 2.36. The van der Waals surface area contributed by atoms with Crippen molar-refractivity contribution >= 4 is 11.8 Å². The molecule has 0 radical (unpaired) electrons. The molecule has 2 aromatic rings. The van der Waals surface area contributed by atoms with Crippen molar-refractivity contribution < 1.29 is 9.59 Å². The molecule has 6 nitrogen and oxygen atoms in total. The van der Waals surface area contributed by atoms with Gasteiger partial charge < -0.3 is 15.6 Å². The van der Waals surface area contributed by atoms with Crippen molar-refractivity contribution in [1.29, 1.82) is 0 Å². The standard InChI is InChI=1S/C18H24N4O2/c1-4-9-20-18(24)16(12(2)3)22-17(23)14-7-5-13(6-8-14)15-10-19-11-21-15/h5-8,10-12,16H,4,9H2,1-3H3,(H,19,21)(H,20,24)(H,22,23). The molecule has 2 amide bonds. The SMILES string of the molecule is CCCNC(=O)C(NC(=O)c1ccc(-c2cnc[nH]2)cc1)C(C)C. The monoisotopic (exact) mass is 328 g/mol. The molecular weight excluding hydrogens is 304 g/mol. The number of H-pyrrole nitrogens is 1. The lowest BCUT2D eigenvalue weighted by atomic mass is 10.0. The van der Waals surface area contributed by atoms with E-state index in [4.69, 9.17) is 0 Å². The Labute approximate surface area is 142 Å². The van der Waals surface area contributed by atoms with Gasteiger partial charge in [-0.25, -0.2) is 4.98 Å². The molecule has 3 N–H and O–H groups in total. The van der Waals surface area contributed by atoms with E-state index in [1.807, 2.05) is 32.9 Å². The van der Waals surface area contributed by atoms with Crippen LogP contribution in [0.4, 0.5) is 0 Å². The van der Waals surface area contributed by atoms with Crippen molar-refractivity contribution in [3.63, 3.8) is 0 Å². The van der Waals surface area contributed by atoms with Crippen LogP contribution in [0.25, 0.3) is 11.3 Å². The second kappa shape index (κ2) is 8.29. The van der Waals surface area contributed by atoms with E-state index in [1.54, 1.807) is 24.7 Å². The number of benzene rings is 1. The average molecular weight is 328 g/mol. The fourth-order valence-electron chi connectivity index (χ4n) is 2.33. The Morgan fingerprint density at radius 3 is 2.46 bits per heavy atom. The number of hydrogen-bond acceptors (Lipinski definition) is 3. The van der Waals surface area contributed by atoms with Crippen LogP contribution in [-0.4, -0.2) is 34.4 Å². The molecule has 0 saturated heterocycles. The number of rotatable bonds is 7. The lowest BCUT2D eigenvalue weighted by molar-refractivity contribution is -0.123. The summed E-state index contributed by atoms with van der Waals surface area (Å²) in [6.07, 6.45) is 4.19. The number of imidazole rings is 1. The van der Waals surface area contributed by atoms with Gasteiger partial charge in [-0.15, -0.1) is 0 Å². The summed E-state index contributed by atoms with van der Waals surface area (Å²) >= 11 is 0. The summed E-state index contributed by atoms with van der Waals surface area (Å²) in [5, 5.41) is 5.66. The summed E-state index contributed by atoms with van der Waals surface area (Å²) < 4.78 is 0. The van der Waals surface area contributed by atoms with E-state index in [9.17, 15) is 9.59 Å². The normalized spacial score (nSPS) is 12.0. The molecule has 0 aliphatic rings. The molecule has 0 bridgehead atoms. The highest BCUT2D eigenvalue weighted by Crippen LogP contribution is 2.16. The van der Waals surface area contributed by atoms with Crippen LogP contribution in [0.5, 0.6) is 0 Å². The van der Waals surface area contributed by atoms with Crippen LogP contribution in [0, 0.1) is 5.92 Å². The maximum absolute atomic E-state index is 12.4. The van der Waals surface area contributed by atoms with Crippen LogP contribution in [-0.2, 0) is 4.79 Å². The van der Waals surface area contributed by atoms with Gasteiger partial charge in [0, 0.05) is 12.1 Å². The topological polar surface area (TPSA) is 86.9 Å². The van der Waals surface area contributed by atoms with E-state index >= 15 is 0 Å². The average Bonchev–Trinajstić information content (AvgIpc) is 3.11. The third kappa shape index (κ3) is 4.44. The van der Waals surface area contributed by atoms with Crippen molar-refractivity contribution in [2.45, 2.75) is 33.2 Å². The van der Waals surface area contributed by atoms with E-state index in [2.05, 4.69) is 20.6 Å². The van der Waals surface area contributed by atoms with Crippen molar-refractivity contribution in [3.8, 4) is 11.3 Å². The molecule has 6 heteroatoms. The summed E-state index contributed by atoms with van der Waals surface area (Å²) in [6.45, 7) is 6.43. The Morgan fingerprint density at radius 1 is 1.21 bits per heavy atom. The fraction of sp³-hybridized carbons (Fsp3) is 0.389. The highest BCUT2D eigenvalue weighted by atomic mass is 16.2. The molecule has 1 atom stereocenters. The van der Waals surface area contributed by atoms with Crippen molar-refractivity contribution in [2.24, 2.45) is 5.92 Å². The lowest BCUT2D eigenvalue weighted by Gasteiger charge is -2.21. The number of nitrogens with one attached hydrogen (secondary N) is 3. The first-order chi connectivity index (χ1) is 11.5. The van der Waals surface area contributed by atoms with Gasteiger partial charge in [-0.3, -0.25) is 9.59 Å². The zero-order valence-electron chi connectivity index (χ0n) is 14.3. The number of carbonyl (C=O) groups is 2. The second-order valence-electron chi connectivity index (χ2n) is 6.03. The zero-order valence-corrected chi connectivity index (χ0v) is 14.3. The van der Waals surface area contributed by atoms with Crippen molar-refractivity contribution in [1.82, 2.24) is 20.6 Å². The number of carbonyl (C=O) groups excluding carboxylic acids is 2. The molecule has 1 unspecified atom stereocenters. The predicted molar refractivity (Wildman–Crippen MR) is 93.4 cm³/mol. The molecule has 0 saturated carbocycles. The highest BCUT2D eigenvalue weighted by molar-refractivity contribution is 5.97. The first-order valence-electron chi connectivity index (χ1n) is 8.20. The Balaban J connectivity index is 2.05.